The number of carbonyl (C=O) groups is 3. The van der Waals surface area contributed by atoms with Gasteiger partial charge in [-0.2, -0.15) is 0 Å². The van der Waals surface area contributed by atoms with Gasteiger partial charge in [0.1, 0.15) is 6.04 Å². The van der Waals surface area contributed by atoms with Crippen LogP contribution in [0.15, 0.2) is 73.1 Å². The molecule has 9 nitrogen and oxygen atoms in total. The average Bonchev–Trinajstić information content (AvgIpc) is 3.44. The topological polar surface area (TPSA) is 119 Å². The Morgan fingerprint density at radius 3 is 2.33 bits per heavy atom. The fraction of sp³-hybridized carbons (Fsp3) is 0.474. The highest BCUT2D eigenvalue weighted by Crippen LogP contribution is 2.65. The maximum Gasteiger partial charge on any atom is 0.481 e. The van der Waals surface area contributed by atoms with Crippen molar-refractivity contribution in [3.63, 3.8) is 0 Å². The number of benzene rings is 2. The molecule has 3 aromatic rings. The van der Waals surface area contributed by atoms with Gasteiger partial charge in [0.05, 0.1) is 23.2 Å². The Morgan fingerprint density at radius 2 is 1.65 bits per heavy atom. The van der Waals surface area contributed by atoms with E-state index in [0.29, 0.717) is 29.4 Å². The molecule has 2 bridgehead atoms. The number of rotatable bonds is 11. The summed E-state index contributed by atoms with van der Waals surface area (Å²) in [6, 6.07) is 17.5. The SMILES string of the molecule is Cc1ccc(C(=O)NC[C@H](NC(=O)c2cncc(-c3ccccc3)c2)C(=O)N[C@@H](CC(C)C)B2O[C@@H]3C[C@H]4C[C@@H](C4(C)C)[C@]3(C)O2)cc1. The van der Waals surface area contributed by atoms with Crippen LogP contribution in [0.3, 0.4) is 0 Å². The first-order valence-electron chi connectivity index (χ1n) is 17.1. The van der Waals surface area contributed by atoms with Gasteiger partial charge >= 0.3 is 7.12 Å². The lowest BCUT2D eigenvalue weighted by molar-refractivity contribution is -0.199. The summed E-state index contributed by atoms with van der Waals surface area (Å²) in [5, 5.41) is 8.88. The first-order valence-corrected chi connectivity index (χ1v) is 17.1. The Bertz CT molecular complexity index is 1650. The molecule has 0 radical (unpaired) electrons. The van der Waals surface area contributed by atoms with E-state index >= 15 is 0 Å². The Morgan fingerprint density at radius 1 is 0.917 bits per heavy atom. The number of aryl methyl sites for hydroxylation is 1. The quantitative estimate of drug-likeness (QED) is 0.240. The molecule has 2 aromatic carbocycles. The van der Waals surface area contributed by atoms with Crippen LogP contribution in [0.4, 0.5) is 0 Å². The summed E-state index contributed by atoms with van der Waals surface area (Å²) in [5.74, 6) is -0.457. The van der Waals surface area contributed by atoms with Crippen LogP contribution in [0.1, 0.15) is 80.2 Å². The standard InChI is InChI=1S/C38H47BN4O5/c1-23(2)16-33(39-47-32-19-29-18-31(37(29,4)5)38(32,6)48-39)43-36(46)30(22-41-34(44)26-14-12-24(3)13-15-26)42-35(45)28-17-27(20-40-21-28)25-10-8-7-9-11-25/h7-15,17,20-21,23,29-33H,16,18-19,22H2,1-6H3,(H,41,44)(H,42,45)(H,43,46)/t29-,30+,31+,32-,33+,38+/m1/s1. The molecule has 7 rings (SSSR count). The third-order valence-electron chi connectivity index (χ3n) is 10.9. The molecular formula is C38H47BN4O5. The van der Waals surface area contributed by atoms with Crippen molar-refractivity contribution in [2.75, 3.05) is 6.54 Å². The molecule has 1 aromatic heterocycles. The lowest BCUT2D eigenvalue weighted by Crippen LogP contribution is -2.65. The zero-order valence-corrected chi connectivity index (χ0v) is 28.8. The van der Waals surface area contributed by atoms with Crippen LogP contribution in [0.5, 0.6) is 0 Å². The number of nitrogens with one attached hydrogen (secondary N) is 3. The minimum atomic E-state index is -1.08. The second-order valence-electron chi connectivity index (χ2n) is 15.0. The molecule has 3 amide bonds. The van der Waals surface area contributed by atoms with E-state index in [0.717, 1.165) is 29.5 Å². The van der Waals surface area contributed by atoms with Crippen molar-refractivity contribution in [3.8, 4) is 11.1 Å². The predicted octanol–water partition coefficient (Wildman–Crippen LogP) is 5.38. The van der Waals surface area contributed by atoms with Crippen molar-refractivity contribution in [1.29, 1.82) is 0 Å². The Kier molecular flexibility index (Phi) is 9.51. The third kappa shape index (κ3) is 6.78. The molecule has 0 spiro atoms. The van der Waals surface area contributed by atoms with Crippen LogP contribution in [0, 0.1) is 30.1 Å². The van der Waals surface area contributed by atoms with E-state index < -0.39 is 36.5 Å². The number of nitrogens with zero attached hydrogens (tertiary/aromatic N) is 1. The molecular weight excluding hydrogens is 603 g/mol. The molecule has 0 unspecified atom stereocenters. The molecule has 4 fully saturated rings. The summed E-state index contributed by atoms with van der Waals surface area (Å²) in [6.07, 6.45) is 5.83. The summed E-state index contributed by atoms with van der Waals surface area (Å²) >= 11 is 0. The van der Waals surface area contributed by atoms with Crippen LogP contribution < -0.4 is 16.0 Å². The molecule has 1 saturated heterocycles. The smallest absolute Gasteiger partial charge is 0.404 e. The number of pyridine rings is 1. The van der Waals surface area contributed by atoms with Gasteiger partial charge in [-0.1, -0.05) is 75.7 Å². The molecule has 48 heavy (non-hydrogen) atoms. The molecule has 10 heteroatoms. The highest BCUT2D eigenvalue weighted by atomic mass is 16.7. The van der Waals surface area contributed by atoms with Gasteiger partial charge in [0.15, 0.2) is 0 Å². The Labute approximate surface area is 284 Å². The van der Waals surface area contributed by atoms with Crippen molar-refractivity contribution < 1.29 is 23.7 Å². The van der Waals surface area contributed by atoms with Crippen molar-refractivity contribution in [3.05, 3.63) is 89.7 Å². The Balaban J connectivity index is 1.21. The Hall–Kier alpha value is -4.02. The summed E-state index contributed by atoms with van der Waals surface area (Å²) in [6.45, 7) is 12.8. The van der Waals surface area contributed by atoms with E-state index in [1.807, 2.05) is 49.4 Å². The maximum absolute atomic E-state index is 14.1. The maximum atomic E-state index is 14.1. The van der Waals surface area contributed by atoms with Gasteiger partial charge in [-0.05, 0) is 80.0 Å². The van der Waals surface area contributed by atoms with Gasteiger partial charge in [-0.15, -0.1) is 0 Å². The predicted molar refractivity (Wildman–Crippen MR) is 186 cm³/mol. The van der Waals surface area contributed by atoms with Crippen LogP contribution in [0.2, 0.25) is 0 Å². The highest BCUT2D eigenvalue weighted by molar-refractivity contribution is 6.48. The minimum Gasteiger partial charge on any atom is -0.404 e. The van der Waals surface area contributed by atoms with Crippen molar-refractivity contribution in [1.82, 2.24) is 20.9 Å². The van der Waals surface area contributed by atoms with Gasteiger partial charge in [0, 0.05) is 30.1 Å². The van der Waals surface area contributed by atoms with Crippen LogP contribution in [-0.4, -0.2) is 60.1 Å². The van der Waals surface area contributed by atoms with Gasteiger partial charge in [0.2, 0.25) is 5.91 Å². The molecule has 3 aliphatic carbocycles. The summed E-state index contributed by atoms with van der Waals surface area (Å²) in [5.41, 5.74) is 3.27. The van der Waals surface area contributed by atoms with E-state index in [-0.39, 0.29) is 29.9 Å². The molecule has 3 N–H and O–H groups in total. The van der Waals surface area contributed by atoms with Gasteiger partial charge in [-0.3, -0.25) is 19.4 Å². The van der Waals surface area contributed by atoms with Crippen LogP contribution >= 0.6 is 0 Å². The number of hydrogen-bond acceptors (Lipinski definition) is 6. The zero-order chi connectivity index (χ0) is 34.2. The van der Waals surface area contributed by atoms with E-state index in [1.165, 1.54) is 6.20 Å². The number of carbonyl (C=O) groups excluding carboxylic acids is 3. The normalized spacial score (nSPS) is 25.0. The molecule has 6 atom stereocenters. The van der Waals surface area contributed by atoms with Crippen LogP contribution in [-0.2, 0) is 14.1 Å². The fourth-order valence-corrected chi connectivity index (χ4v) is 7.91. The van der Waals surface area contributed by atoms with E-state index in [4.69, 9.17) is 9.31 Å². The van der Waals surface area contributed by atoms with Gasteiger partial charge in [-0.25, -0.2) is 0 Å². The summed E-state index contributed by atoms with van der Waals surface area (Å²) in [7, 11) is -0.619. The number of hydrogen-bond donors (Lipinski definition) is 3. The van der Waals surface area contributed by atoms with Gasteiger partial charge < -0.3 is 25.3 Å². The average molecular weight is 651 g/mol. The molecule has 252 valence electrons. The van der Waals surface area contributed by atoms with Crippen LogP contribution in [0.25, 0.3) is 11.1 Å². The fourth-order valence-electron chi connectivity index (χ4n) is 7.91. The first kappa shape index (κ1) is 33.9. The highest BCUT2D eigenvalue weighted by Gasteiger charge is 2.68. The van der Waals surface area contributed by atoms with E-state index in [9.17, 15) is 14.4 Å². The lowest BCUT2D eigenvalue weighted by atomic mass is 9.43. The minimum absolute atomic E-state index is 0.0282. The number of aromatic nitrogens is 1. The van der Waals surface area contributed by atoms with Crippen molar-refractivity contribution >= 4 is 24.8 Å². The largest absolute Gasteiger partial charge is 0.481 e. The van der Waals surface area contributed by atoms with Gasteiger partial charge in [0.25, 0.3) is 11.8 Å². The molecule has 4 aliphatic rings. The molecule has 3 saturated carbocycles. The zero-order valence-electron chi connectivity index (χ0n) is 28.8. The van der Waals surface area contributed by atoms with E-state index in [1.54, 1.807) is 24.4 Å². The van der Waals surface area contributed by atoms with Crippen molar-refractivity contribution in [2.24, 2.45) is 23.2 Å². The lowest BCUT2D eigenvalue weighted by Gasteiger charge is -2.64. The summed E-state index contributed by atoms with van der Waals surface area (Å²) in [4.78, 5) is 45.1. The first-order chi connectivity index (χ1) is 22.8. The van der Waals surface area contributed by atoms with E-state index in [2.05, 4.69) is 55.6 Å². The summed E-state index contributed by atoms with van der Waals surface area (Å²) < 4.78 is 13.3. The third-order valence-corrected chi connectivity index (χ3v) is 10.9. The molecule has 2 heterocycles. The second kappa shape index (κ2) is 13.5. The number of amides is 3. The monoisotopic (exact) mass is 650 g/mol. The molecule has 1 aliphatic heterocycles. The van der Waals surface area contributed by atoms with Crippen molar-refractivity contribution in [2.45, 2.75) is 84.5 Å². The second-order valence-corrected chi connectivity index (χ2v) is 15.0.